The Bertz CT molecular complexity index is 478. The molecule has 19 heavy (non-hydrogen) atoms. The second kappa shape index (κ2) is 8.23. The fraction of sp³-hybridized carbons (Fsp3) is 0.500. The maximum absolute atomic E-state index is 3.66. The zero-order valence-electron chi connectivity index (χ0n) is 11.9. The maximum Gasteiger partial charge on any atom is 0.0487 e. The molecule has 1 aromatic carbocycles. The van der Waals surface area contributed by atoms with Crippen molar-refractivity contribution in [2.75, 3.05) is 6.54 Å². The first kappa shape index (κ1) is 16.1. The van der Waals surface area contributed by atoms with Crippen molar-refractivity contribution in [1.29, 1.82) is 0 Å². The van der Waals surface area contributed by atoms with Crippen molar-refractivity contribution in [1.82, 2.24) is 10.3 Å². The zero-order valence-corrected chi connectivity index (χ0v) is 12.7. The van der Waals surface area contributed by atoms with Crippen LogP contribution in [0.1, 0.15) is 38.7 Å². The molecule has 0 bridgehead atoms. The molecular formula is C16H25ClN2. The van der Waals surface area contributed by atoms with E-state index in [2.05, 4.69) is 48.4 Å². The first-order valence-electron chi connectivity index (χ1n) is 7.13. The summed E-state index contributed by atoms with van der Waals surface area (Å²) < 4.78 is 0. The smallest absolute Gasteiger partial charge is 0.0487 e. The Balaban J connectivity index is 0.00000180. The van der Waals surface area contributed by atoms with Crippen LogP contribution in [0, 0.1) is 0 Å². The molecule has 0 aliphatic rings. The predicted octanol–water partition coefficient (Wildman–Crippen LogP) is 4.30. The third kappa shape index (κ3) is 4.26. The molecule has 0 spiro atoms. The number of H-pyrrole nitrogens is 1. The van der Waals surface area contributed by atoms with Gasteiger partial charge in [0.25, 0.3) is 0 Å². The topological polar surface area (TPSA) is 27.8 Å². The summed E-state index contributed by atoms with van der Waals surface area (Å²) in [6.45, 7) is 5.60. The minimum atomic E-state index is 0. The van der Waals surface area contributed by atoms with Crippen molar-refractivity contribution >= 4 is 23.3 Å². The van der Waals surface area contributed by atoms with E-state index in [0.29, 0.717) is 6.04 Å². The van der Waals surface area contributed by atoms with Gasteiger partial charge in [0.15, 0.2) is 0 Å². The molecule has 0 saturated carbocycles. The van der Waals surface area contributed by atoms with Crippen molar-refractivity contribution in [2.24, 2.45) is 0 Å². The van der Waals surface area contributed by atoms with Crippen LogP contribution in [-0.4, -0.2) is 17.6 Å². The summed E-state index contributed by atoms with van der Waals surface area (Å²) in [5.41, 5.74) is 2.73. The molecule has 0 amide bonds. The number of halogens is 1. The van der Waals surface area contributed by atoms with E-state index in [9.17, 15) is 0 Å². The third-order valence-electron chi connectivity index (χ3n) is 3.46. The van der Waals surface area contributed by atoms with Gasteiger partial charge in [-0.25, -0.2) is 0 Å². The van der Waals surface area contributed by atoms with Gasteiger partial charge in [0, 0.05) is 17.8 Å². The van der Waals surface area contributed by atoms with Gasteiger partial charge >= 0.3 is 0 Å². The molecule has 3 heteroatoms. The Labute approximate surface area is 122 Å². The van der Waals surface area contributed by atoms with Crippen LogP contribution in [0.4, 0.5) is 0 Å². The van der Waals surface area contributed by atoms with Crippen LogP contribution < -0.4 is 5.32 Å². The zero-order chi connectivity index (χ0) is 12.8. The Morgan fingerprint density at radius 3 is 2.74 bits per heavy atom. The lowest BCUT2D eigenvalue weighted by molar-refractivity contribution is 0.474. The molecule has 0 aliphatic carbocycles. The van der Waals surface area contributed by atoms with E-state index < -0.39 is 0 Å². The van der Waals surface area contributed by atoms with E-state index in [-0.39, 0.29) is 12.4 Å². The number of hydrogen-bond acceptors (Lipinski definition) is 1. The molecule has 0 aliphatic heterocycles. The number of aromatic nitrogens is 1. The summed E-state index contributed by atoms with van der Waals surface area (Å²) in [7, 11) is 0. The van der Waals surface area contributed by atoms with Gasteiger partial charge in [-0.2, -0.15) is 0 Å². The molecule has 2 rings (SSSR count). The minimum Gasteiger partial charge on any atom is -0.361 e. The van der Waals surface area contributed by atoms with Gasteiger partial charge in [0.2, 0.25) is 0 Å². The Kier molecular flexibility index (Phi) is 6.96. The highest BCUT2D eigenvalue weighted by Crippen LogP contribution is 2.19. The lowest BCUT2D eigenvalue weighted by Crippen LogP contribution is -2.31. The van der Waals surface area contributed by atoms with Gasteiger partial charge in [-0.3, -0.25) is 0 Å². The van der Waals surface area contributed by atoms with Gasteiger partial charge in [-0.15, -0.1) is 12.4 Å². The Hall–Kier alpha value is -0.990. The van der Waals surface area contributed by atoms with Crippen LogP contribution in [0.3, 0.4) is 0 Å². The summed E-state index contributed by atoms with van der Waals surface area (Å²) in [4.78, 5) is 3.36. The Morgan fingerprint density at radius 2 is 2.00 bits per heavy atom. The molecule has 0 radical (unpaired) electrons. The molecule has 2 aromatic rings. The molecule has 2 nitrogen and oxygen atoms in total. The highest BCUT2D eigenvalue weighted by molar-refractivity contribution is 5.85. The van der Waals surface area contributed by atoms with Crippen LogP contribution in [-0.2, 0) is 6.42 Å². The lowest BCUT2D eigenvalue weighted by atomic mass is 10.00. The number of hydrogen-bond donors (Lipinski definition) is 2. The second-order valence-electron chi connectivity index (χ2n) is 5.00. The quantitative estimate of drug-likeness (QED) is 0.777. The average molecular weight is 281 g/mol. The van der Waals surface area contributed by atoms with Crippen molar-refractivity contribution in [3.63, 3.8) is 0 Å². The maximum atomic E-state index is 3.66. The molecule has 106 valence electrons. The first-order chi connectivity index (χ1) is 8.85. The fourth-order valence-corrected chi connectivity index (χ4v) is 2.56. The number of para-hydroxylation sites is 1. The van der Waals surface area contributed by atoms with Crippen LogP contribution >= 0.6 is 12.4 Å². The molecular weight excluding hydrogens is 256 g/mol. The van der Waals surface area contributed by atoms with Crippen molar-refractivity contribution in [2.45, 2.75) is 45.6 Å². The van der Waals surface area contributed by atoms with Crippen molar-refractivity contribution < 1.29 is 0 Å². The lowest BCUT2D eigenvalue weighted by Gasteiger charge is -2.18. The second-order valence-corrected chi connectivity index (χ2v) is 5.00. The first-order valence-corrected chi connectivity index (χ1v) is 7.13. The molecule has 2 N–H and O–H groups in total. The fourth-order valence-electron chi connectivity index (χ4n) is 2.56. The van der Waals surface area contributed by atoms with E-state index in [0.717, 1.165) is 13.0 Å². The van der Waals surface area contributed by atoms with E-state index in [1.165, 1.54) is 35.7 Å². The van der Waals surface area contributed by atoms with Gasteiger partial charge in [0.1, 0.15) is 0 Å². The van der Waals surface area contributed by atoms with Gasteiger partial charge in [-0.05, 0) is 42.8 Å². The largest absolute Gasteiger partial charge is 0.361 e. The molecule has 1 aromatic heterocycles. The van der Waals surface area contributed by atoms with Crippen molar-refractivity contribution in [3.8, 4) is 0 Å². The van der Waals surface area contributed by atoms with Crippen LogP contribution in [0.2, 0.25) is 0 Å². The highest BCUT2D eigenvalue weighted by atomic mass is 35.5. The summed E-state index contributed by atoms with van der Waals surface area (Å²) in [6.07, 6.45) is 6.83. The Morgan fingerprint density at radius 1 is 1.16 bits per heavy atom. The van der Waals surface area contributed by atoms with Crippen LogP contribution in [0.25, 0.3) is 10.9 Å². The average Bonchev–Trinajstić information content (AvgIpc) is 2.85. The van der Waals surface area contributed by atoms with Gasteiger partial charge in [0.05, 0.1) is 0 Å². The predicted molar refractivity (Wildman–Crippen MR) is 86.2 cm³/mol. The van der Waals surface area contributed by atoms with Crippen molar-refractivity contribution in [3.05, 3.63) is 36.0 Å². The van der Waals surface area contributed by atoms with E-state index in [1.54, 1.807) is 0 Å². The molecule has 1 unspecified atom stereocenters. The van der Waals surface area contributed by atoms with E-state index in [1.807, 2.05) is 6.20 Å². The number of benzene rings is 1. The highest BCUT2D eigenvalue weighted by Gasteiger charge is 2.10. The number of fused-ring (bicyclic) bond motifs is 1. The monoisotopic (exact) mass is 280 g/mol. The molecule has 1 atom stereocenters. The normalized spacial score (nSPS) is 12.3. The number of rotatable bonds is 7. The third-order valence-corrected chi connectivity index (χ3v) is 3.46. The standard InChI is InChI=1S/C16H24N2.ClH/c1-3-6-15(17-10-4-2)12-14-8-5-7-13-9-11-18-16(13)14;/h5,7-9,11,15,17-18H,3-4,6,10,12H2,1-2H3;1H. The van der Waals surface area contributed by atoms with Crippen LogP contribution in [0.15, 0.2) is 30.5 Å². The number of nitrogens with one attached hydrogen (secondary N) is 2. The SMILES string of the molecule is CCCNC(CCC)Cc1cccc2cc[nH]c12.Cl. The summed E-state index contributed by atoms with van der Waals surface area (Å²) in [6, 6.07) is 9.32. The molecule has 1 heterocycles. The van der Waals surface area contributed by atoms with E-state index >= 15 is 0 Å². The summed E-state index contributed by atoms with van der Waals surface area (Å²) >= 11 is 0. The minimum absolute atomic E-state index is 0. The van der Waals surface area contributed by atoms with E-state index in [4.69, 9.17) is 0 Å². The molecule has 0 fully saturated rings. The molecule has 0 saturated heterocycles. The van der Waals surface area contributed by atoms with Gasteiger partial charge in [-0.1, -0.05) is 38.5 Å². The van der Waals surface area contributed by atoms with Gasteiger partial charge < -0.3 is 10.3 Å². The van der Waals surface area contributed by atoms with Crippen LogP contribution in [0.5, 0.6) is 0 Å². The summed E-state index contributed by atoms with van der Waals surface area (Å²) in [5, 5.41) is 4.98. The summed E-state index contributed by atoms with van der Waals surface area (Å²) in [5.74, 6) is 0. The number of aromatic amines is 1.